The highest BCUT2D eigenvalue weighted by Crippen LogP contribution is 2.47. The van der Waals surface area contributed by atoms with Gasteiger partial charge in [0.25, 0.3) is 0 Å². The molecule has 0 heterocycles. The van der Waals surface area contributed by atoms with E-state index in [1.165, 1.54) is 0 Å². The fourth-order valence-corrected chi connectivity index (χ4v) is 2.17. The average Bonchev–Trinajstić information content (AvgIpc) is 2.60. The quantitative estimate of drug-likeness (QED) is 0.483. The normalized spacial score (nSPS) is 45.3. The highest BCUT2D eigenvalue weighted by Gasteiger charge is 2.44. The Hall–Kier alpha value is -1.28. The van der Waals surface area contributed by atoms with Crippen LogP contribution in [0, 0.1) is 46.3 Å². The topological polar surface area (TPSA) is 47.6 Å². The lowest BCUT2D eigenvalue weighted by molar-refractivity contribution is 0.468. The maximum Gasteiger partial charge on any atom is 0.0690 e. The zero-order valence-electron chi connectivity index (χ0n) is 6.07. The van der Waals surface area contributed by atoms with E-state index in [0.29, 0.717) is 11.8 Å². The van der Waals surface area contributed by atoms with E-state index in [4.69, 9.17) is 10.5 Å². The van der Waals surface area contributed by atoms with Crippen molar-refractivity contribution in [2.45, 2.75) is 6.42 Å². The van der Waals surface area contributed by atoms with E-state index in [9.17, 15) is 0 Å². The van der Waals surface area contributed by atoms with E-state index in [-0.39, 0.29) is 11.8 Å². The lowest BCUT2D eigenvalue weighted by Gasteiger charge is -2.14. The van der Waals surface area contributed by atoms with Gasteiger partial charge in [0, 0.05) is 0 Å². The van der Waals surface area contributed by atoms with Gasteiger partial charge >= 0.3 is 0 Å². The van der Waals surface area contributed by atoms with Crippen molar-refractivity contribution in [3.05, 3.63) is 12.2 Å². The molecule has 2 aliphatic carbocycles. The van der Waals surface area contributed by atoms with Crippen molar-refractivity contribution in [1.29, 1.82) is 10.5 Å². The predicted octanol–water partition coefficient (Wildman–Crippen LogP) is 1.47. The molecule has 0 aromatic heterocycles. The van der Waals surface area contributed by atoms with E-state index in [0.717, 1.165) is 6.42 Å². The summed E-state index contributed by atoms with van der Waals surface area (Å²) < 4.78 is 0. The van der Waals surface area contributed by atoms with Crippen LogP contribution in [0.2, 0.25) is 0 Å². The molecular formula is C9H8N2. The van der Waals surface area contributed by atoms with E-state index >= 15 is 0 Å². The van der Waals surface area contributed by atoms with Crippen LogP contribution in [0.5, 0.6) is 0 Å². The smallest absolute Gasteiger partial charge is 0.0690 e. The highest BCUT2D eigenvalue weighted by atomic mass is 14.5. The summed E-state index contributed by atoms with van der Waals surface area (Å²) >= 11 is 0. The molecule has 0 N–H and O–H groups in total. The third-order valence-electron chi connectivity index (χ3n) is 2.76. The minimum atomic E-state index is -0.0324. The lowest BCUT2D eigenvalue weighted by Crippen LogP contribution is -2.15. The number of hydrogen-bond donors (Lipinski definition) is 0. The Morgan fingerprint density at radius 1 is 1.00 bits per heavy atom. The number of allylic oxidation sites excluding steroid dienone is 2. The number of fused-ring (bicyclic) bond motifs is 2. The van der Waals surface area contributed by atoms with Crippen molar-refractivity contribution in [2.75, 3.05) is 0 Å². The SMILES string of the molecule is N#C[C@@H]1[C@H](C#N)[C@H]2C=C[C@@H]1C2. The van der Waals surface area contributed by atoms with Crippen molar-refractivity contribution >= 4 is 0 Å². The van der Waals surface area contributed by atoms with Gasteiger partial charge in [-0.05, 0) is 18.3 Å². The highest BCUT2D eigenvalue weighted by molar-refractivity contribution is 5.22. The minimum Gasteiger partial charge on any atom is -0.198 e. The standard InChI is InChI=1S/C9H8N2/c10-4-8-6-1-2-7(3-6)9(8)5-11/h1-2,6-9H,3H2/t6-,7+,8+,9-. The molecular weight excluding hydrogens is 136 g/mol. The van der Waals surface area contributed by atoms with E-state index in [1.54, 1.807) is 0 Å². The molecule has 0 amide bonds. The van der Waals surface area contributed by atoms with Gasteiger partial charge in [-0.2, -0.15) is 10.5 Å². The summed E-state index contributed by atoms with van der Waals surface area (Å²) in [6, 6.07) is 4.45. The Morgan fingerprint density at radius 2 is 1.45 bits per heavy atom. The molecule has 1 saturated carbocycles. The Bertz CT molecular complexity index is 251. The summed E-state index contributed by atoms with van der Waals surface area (Å²) in [7, 11) is 0. The molecule has 2 rings (SSSR count). The van der Waals surface area contributed by atoms with E-state index < -0.39 is 0 Å². The molecule has 0 aromatic rings. The number of rotatable bonds is 0. The molecule has 0 aliphatic heterocycles. The van der Waals surface area contributed by atoms with Crippen molar-refractivity contribution in [3.8, 4) is 12.1 Å². The van der Waals surface area contributed by atoms with Crippen molar-refractivity contribution < 1.29 is 0 Å². The molecule has 0 unspecified atom stereocenters. The van der Waals surface area contributed by atoms with Gasteiger partial charge in [0.05, 0.1) is 24.0 Å². The van der Waals surface area contributed by atoms with Crippen molar-refractivity contribution in [3.63, 3.8) is 0 Å². The molecule has 2 bridgehead atoms. The second kappa shape index (κ2) is 2.10. The third-order valence-corrected chi connectivity index (χ3v) is 2.76. The van der Waals surface area contributed by atoms with Crippen LogP contribution >= 0.6 is 0 Å². The summed E-state index contributed by atoms with van der Waals surface area (Å²) in [5.74, 6) is 0.675. The summed E-state index contributed by atoms with van der Waals surface area (Å²) in [4.78, 5) is 0. The molecule has 0 radical (unpaired) electrons. The lowest BCUT2D eigenvalue weighted by atomic mass is 9.85. The summed E-state index contributed by atoms with van der Waals surface area (Å²) in [5, 5.41) is 17.5. The van der Waals surface area contributed by atoms with Crippen molar-refractivity contribution in [2.24, 2.45) is 23.7 Å². The zero-order chi connectivity index (χ0) is 7.84. The van der Waals surface area contributed by atoms with Gasteiger partial charge in [-0.3, -0.25) is 0 Å². The predicted molar refractivity (Wildman–Crippen MR) is 38.9 cm³/mol. The van der Waals surface area contributed by atoms with Crippen LogP contribution < -0.4 is 0 Å². The van der Waals surface area contributed by atoms with Crippen LogP contribution in [0.1, 0.15) is 6.42 Å². The van der Waals surface area contributed by atoms with E-state index in [1.807, 2.05) is 0 Å². The van der Waals surface area contributed by atoms with Gasteiger partial charge < -0.3 is 0 Å². The van der Waals surface area contributed by atoms with Gasteiger partial charge in [0.1, 0.15) is 0 Å². The summed E-state index contributed by atoms with van der Waals surface area (Å²) in [5.41, 5.74) is 0. The molecule has 54 valence electrons. The van der Waals surface area contributed by atoms with Gasteiger partial charge in [-0.1, -0.05) is 12.2 Å². The molecule has 2 heteroatoms. The second-order valence-corrected chi connectivity index (χ2v) is 3.26. The monoisotopic (exact) mass is 144 g/mol. The fourth-order valence-electron chi connectivity index (χ4n) is 2.17. The molecule has 0 saturated heterocycles. The molecule has 4 atom stereocenters. The Balaban J connectivity index is 2.32. The van der Waals surface area contributed by atoms with Gasteiger partial charge in [-0.15, -0.1) is 0 Å². The maximum absolute atomic E-state index is 8.75. The summed E-state index contributed by atoms with van der Waals surface area (Å²) in [6.45, 7) is 0. The fraction of sp³-hybridized carbons (Fsp3) is 0.556. The van der Waals surface area contributed by atoms with Crippen LogP contribution in [-0.2, 0) is 0 Å². The van der Waals surface area contributed by atoms with Crippen LogP contribution in [0.25, 0.3) is 0 Å². The first kappa shape index (κ1) is 6.43. The molecule has 1 fully saturated rings. The molecule has 2 nitrogen and oxygen atoms in total. The van der Waals surface area contributed by atoms with E-state index in [2.05, 4.69) is 24.3 Å². The first-order valence-corrected chi connectivity index (χ1v) is 3.84. The third kappa shape index (κ3) is 0.700. The van der Waals surface area contributed by atoms with Gasteiger partial charge in [0.15, 0.2) is 0 Å². The minimum absolute atomic E-state index is 0.0324. The first-order valence-electron chi connectivity index (χ1n) is 3.84. The van der Waals surface area contributed by atoms with Gasteiger partial charge in [0.2, 0.25) is 0 Å². The molecule has 0 aromatic carbocycles. The number of nitriles is 2. The first-order chi connectivity index (χ1) is 5.36. The largest absolute Gasteiger partial charge is 0.198 e. The van der Waals surface area contributed by atoms with Crippen LogP contribution in [0.3, 0.4) is 0 Å². The maximum atomic E-state index is 8.75. The Labute approximate surface area is 65.7 Å². The van der Waals surface area contributed by atoms with Crippen molar-refractivity contribution in [1.82, 2.24) is 0 Å². The molecule has 0 spiro atoms. The molecule has 2 aliphatic rings. The Kier molecular flexibility index (Phi) is 1.23. The van der Waals surface area contributed by atoms with Crippen LogP contribution in [0.15, 0.2) is 12.2 Å². The number of hydrogen-bond acceptors (Lipinski definition) is 2. The van der Waals surface area contributed by atoms with Crippen LogP contribution in [-0.4, -0.2) is 0 Å². The van der Waals surface area contributed by atoms with Crippen LogP contribution in [0.4, 0.5) is 0 Å². The average molecular weight is 144 g/mol. The zero-order valence-corrected chi connectivity index (χ0v) is 6.07. The Morgan fingerprint density at radius 3 is 1.82 bits per heavy atom. The number of nitrogens with zero attached hydrogens (tertiary/aromatic N) is 2. The summed E-state index contributed by atoms with van der Waals surface area (Å²) in [6.07, 6.45) is 5.20. The molecule has 11 heavy (non-hydrogen) atoms. The van der Waals surface area contributed by atoms with Gasteiger partial charge in [-0.25, -0.2) is 0 Å². The second-order valence-electron chi connectivity index (χ2n) is 3.26.